The number of aromatic nitrogens is 2. The average molecular weight is 594 g/mol. The highest BCUT2D eigenvalue weighted by molar-refractivity contribution is 8.93. The first-order valence-electron chi connectivity index (χ1n) is 7.49. The standard InChI is InChI=1S/C18H26N2.4BrH/c1-15-7-11-19(13-17(15)3)9-5-6-10-20-12-8-16(2)18(4)14-20;;;;/h7-8,11-14H,5-6,9-10H2,1-4H3;4*1H/q+2;;;;. The van der Waals surface area contributed by atoms with E-state index in [1.807, 2.05) is 0 Å². The van der Waals surface area contributed by atoms with Gasteiger partial charge in [-0.05, 0) is 38.8 Å². The van der Waals surface area contributed by atoms with Crippen LogP contribution >= 0.6 is 67.9 Å². The predicted molar refractivity (Wildman–Crippen MR) is 123 cm³/mol. The number of unbranched alkanes of at least 4 members (excludes halogenated alkanes) is 1. The van der Waals surface area contributed by atoms with Gasteiger partial charge in [0.05, 0.1) is 0 Å². The van der Waals surface area contributed by atoms with Gasteiger partial charge in [-0.25, -0.2) is 9.13 Å². The zero-order chi connectivity index (χ0) is 14.5. The van der Waals surface area contributed by atoms with E-state index in [9.17, 15) is 0 Å². The Morgan fingerprint density at radius 1 is 0.583 bits per heavy atom. The summed E-state index contributed by atoms with van der Waals surface area (Å²) in [7, 11) is 0. The summed E-state index contributed by atoms with van der Waals surface area (Å²) in [5, 5.41) is 0. The molecular weight excluding hydrogens is 564 g/mol. The summed E-state index contributed by atoms with van der Waals surface area (Å²) in [6.07, 6.45) is 11.3. The molecule has 0 saturated heterocycles. The topological polar surface area (TPSA) is 7.76 Å². The van der Waals surface area contributed by atoms with Gasteiger partial charge >= 0.3 is 0 Å². The van der Waals surface area contributed by atoms with Crippen LogP contribution in [0.15, 0.2) is 36.9 Å². The van der Waals surface area contributed by atoms with Gasteiger partial charge in [0.2, 0.25) is 0 Å². The molecule has 6 heteroatoms. The summed E-state index contributed by atoms with van der Waals surface area (Å²) in [4.78, 5) is 0. The van der Waals surface area contributed by atoms with Crippen LogP contribution in [-0.2, 0) is 13.1 Å². The maximum absolute atomic E-state index is 2.30. The van der Waals surface area contributed by atoms with Crippen LogP contribution in [-0.4, -0.2) is 0 Å². The van der Waals surface area contributed by atoms with Crippen LogP contribution in [0.1, 0.15) is 35.1 Å². The molecule has 0 saturated carbocycles. The van der Waals surface area contributed by atoms with Gasteiger partial charge in [-0.3, -0.25) is 0 Å². The lowest BCUT2D eigenvalue weighted by atomic mass is 10.2. The highest BCUT2D eigenvalue weighted by atomic mass is 79.9. The van der Waals surface area contributed by atoms with Gasteiger partial charge in [0.25, 0.3) is 0 Å². The van der Waals surface area contributed by atoms with Gasteiger partial charge in [0.15, 0.2) is 24.8 Å². The maximum Gasteiger partial charge on any atom is 0.171 e. The fourth-order valence-electron chi connectivity index (χ4n) is 2.33. The number of aryl methyl sites for hydroxylation is 6. The predicted octanol–water partition coefficient (Wildman–Crippen LogP) is 5.29. The van der Waals surface area contributed by atoms with Gasteiger partial charge < -0.3 is 0 Å². The Kier molecular flexibility index (Phi) is 17.4. The Morgan fingerprint density at radius 2 is 0.917 bits per heavy atom. The molecule has 2 nitrogen and oxygen atoms in total. The van der Waals surface area contributed by atoms with Crippen molar-refractivity contribution < 1.29 is 9.13 Å². The van der Waals surface area contributed by atoms with Crippen LogP contribution in [0.25, 0.3) is 0 Å². The third-order valence-electron chi connectivity index (χ3n) is 4.08. The van der Waals surface area contributed by atoms with Crippen molar-refractivity contribution in [2.45, 2.75) is 53.6 Å². The van der Waals surface area contributed by atoms with Crippen LogP contribution in [0.4, 0.5) is 0 Å². The van der Waals surface area contributed by atoms with E-state index >= 15 is 0 Å². The van der Waals surface area contributed by atoms with Crippen molar-refractivity contribution >= 4 is 67.9 Å². The fraction of sp³-hybridized carbons (Fsp3) is 0.444. The molecule has 0 aliphatic carbocycles. The minimum absolute atomic E-state index is 0. The fourth-order valence-corrected chi connectivity index (χ4v) is 2.33. The SMILES string of the molecule is Br.Br.Br.Br.Cc1cc[n+](CCCC[n+]2ccc(C)c(C)c2)cc1C. The Hall–Kier alpha value is 0.220. The van der Waals surface area contributed by atoms with Crippen LogP contribution in [0.3, 0.4) is 0 Å². The second kappa shape index (κ2) is 14.4. The van der Waals surface area contributed by atoms with Crippen molar-refractivity contribution in [1.82, 2.24) is 0 Å². The summed E-state index contributed by atoms with van der Waals surface area (Å²) < 4.78 is 4.60. The number of halogens is 4. The highest BCUT2D eigenvalue weighted by Crippen LogP contribution is 2.02. The number of pyridine rings is 2. The molecule has 0 N–H and O–H groups in total. The molecule has 2 aromatic heterocycles. The van der Waals surface area contributed by atoms with E-state index in [4.69, 9.17) is 0 Å². The third-order valence-corrected chi connectivity index (χ3v) is 4.08. The van der Waals surface area contributed by atoms with Gasteiger partial charge in [0.1, 0.15) is 13.1 Å². The van der Waals surface area contributed by atoms with E-state index < -0.39 is 0 Å². The molecule has 0 aromatic carbocycles. The molecule has 138 valence electrons. The Labute approximate surface area is 188 Å². The monoisotopic (exact) mass is 590 g/mol. The largest absolute Gasteiger partial charge is 0.205 e. The molecule has 0 aliphatic rings. The lowest BCUT2D eigenvalue weighted by Gasteiger charge is -2.01. The van der Waals surface area contributed by atoms with E-state index in [2.05, 4.69) is 73.7 Å². The smallest absolute Gasteiger partial charge is 0.171 e. The molecule has 2 aromatic rings. The maximum atomic E-state index is 2.30. The molecular formula is C18H30Br4N2+2. The van der Waals surface area contributed by atoms with Crippen LogP contribution < -0.4 is 9.13 Å². The van der Waals surface area contributed by atoms with E-state index in [0.29, 0.717) is 0 Å². The molecule has 0 amide bonds. The molecule has 2 heterocycles. The van der Waals surface area contributed by atoms with Gasteiger partial charge in [0, 0.05) is 36.1 Å². The van der Waals surface area contributed by atoms with Crippen molar-refractivity contribution in [1.29, 1.82) is 0 Å². The minimum Gasteiger partial charge on any atom is -0.205 e. The second-order valence-corrected chi connectivity index (χ2v) is 5.80. The zero-order valence-electron chi connectivity index (χ0n) is 14.8. The summed E-state index contributed by atoms with van der Waals surface area (Å²) in [5.41, 5.74) is 5.48. The first-order chi connectivity index (χ1) is 9.56. The van der Waals surface area contributed by atoms with Crippen molar-refractivity contribution in [3.05, 3.63) is 59.2 Å². The summed E-state index contributed by atoms with van der Waals surface area (Å²) >= 11 is 0. The lowest BCUT2D eigenvalue weighted by Crippen LogP contribution is -2.36. The summed E-state index contributed by atoms with van der Waals surface area (Å²) in [6, 6.07) is 4.40. The molecule has 0 unspecified atom stereocenters. The molecule has 0 radical (unpaired) electrons. The zero-order valence-corrected chi connectivity index (χ0v) is 21.7. The lowest BCUT2D eigenvalue weighted by molar-refractivity contribution is -0.708. The summed E-state index contributed by atoms with van der Waals surface area (Å²) in [6.45, 7) is 10.9. The van der Waals surface area contributed by atoms with E-state index in [1.54, 1.807) is 0 Å². The average Bonchev–Trinajstić information content (AvgIpc) is 2.42. The number of hydrogen-bond acceptors (Lipinski definition) is 0. The number of rotatable bonds is 5. The van der Waals surface area contributed by atoms with Gasteiger partial charge in [-0.1, -0.05) is 0 Å². The summed E-state index contributed by atoms with van der Waals surface area (Å²) in [5.74, 6) is 0. The molecule has 0 spiro atoms. The van der Waals surface area contributed by atoms with Crippen molar-refractivity contribution in [2.75, 3.05) is 0 Å². The van der Waals surface area contributed by atoms with E-state index in [-0.39, 0.29) is 67.9 Å². The quantitative estimate of drug-likeness (QED) is 0.329. The van der Waals surface area contributed by atoms with Gasteiger partial charge in [-0.2, -0.15) is 0 Å². The van der Waals surface area contributed by atoms with Gasteiger partial charge in [-0.15, -0.1) is 67.9 Å². The van der Waals surface area contributed by atoms with Crippen molar-refractivity contribution in [3.63, 3.8) is 0 Å². The minimum atomic E-state index is 0. The van der Waals surface area contributed by atoms with Crippen LogP contribution in [0, 0.1) is 27.7 Å². The Bertz CT molecular complexity index is 550. The molecule has 0 bridgehead atoms. The normalized spacial score (nSPS) is 9.00. The molecule has 0 atom stereocenters. The van der Waals surface area contributed by atoms with Crippen LogP contribution in [0.2, 0.25) is 0 Å². The number of hydrogen-bond donors (Lipinski definition) is 0. The molecule has 24 heavy (non-hydrogen) atoms. The highest BCUT2D eigenvalue weighted by Gasteiger charge is 2.06. The molecule has 0 fully saturated rings. The first-order valence-corrected chi connectivity index (χ1v) is 7.49. The first kappa shape index (κ1) is 29.0. The number of nitrogens with zero attached hydrogens (tertiary/aromatic N) is 2. The van der Waals surface area contributed by atoms with Crippen LogP contribution in [0.5, 0.6) is 0 Å². The second-order valence-electron chi connectivity index (χ2n) is 5.80. The van der Waals surface area contributed by atoms with Crippen molar-refractivity contribution in [2.24, 2.45) is 0 Å². The third kappa shape index (κ3) is 9.07. The molecule has 0 aliphatic heterocycles. The van der Waals surface area contributed by atoms with E-state index in [1.165, 1.54) is 35.1 Å². The Balaban J connectivity index is -0.00000110. The van der Waals surface area contributed by atoms with E-state index in [0.717, 1.165) is 13.1 Å². The Morgan fingerprint density at radius 3 is 1.21 bits per heavy atom. The molecule has 2 rings (SSSR count). The van der Waals surface area contributed by atoms with Crippen molar-refractivity contribution in [3.8, 4) is 0 Å².